The molecule has 17 nitrogen and oxygen atoms in total. The van der Waals surface area contributed by atoms with E-state index in [4.69, 9.17) is 4.74 Å². The quantitative estimate of drug-likeness (QED) is 0.110. The van der Waals surface area contributed by atoms with Gasteiger partial charge in [0.1, 0.15) is 18.2 Å². The van der Waals surface area contributed by atoms with E-state index in [2.05, 4.69) is 4.74 Å². The molecule has 1 unspecified atom stereocenters. The lowest BCUT2D eigenvalue weighted by Gasteiger charge is -2.55. The van der Waals surface area contributed by atoms with E-state index in [1.54, 1.807) is 0 Å². The van der Waals surface area contributed by atoms with Crippen molar-refractivity contribution < 1.29 is 74.2 Å². The van der Waals surface area contributed by atoms with Crippen LogP contribution in [0, 0.1) is 5.82 Å². The largest absolute Gasteiger partial charge is 0.488 e. The van der Waals surface area contributed by atoms with Gasteiger partial charge < -0.3 is 50.7 Å². The molecule has 2 saturated heterocycles. The Kier molecular flexibility index (Phi) is 7.12. The van der Waals surface area contributed by atoms with Crippen LogP contribution >= 0.6 is 0 Å². The van der Waals surface area contributed by atoms with Gasteiger partial charge in [-0.25, -0.2) is 4.39 Å². The van der Waals surface area contributed by atoms with Crippen LogP contribution in [0.25, 0.3) is 0 Å². The first-order valence-corrected chi connectivity index (χ1v) is 12.5. The third-order valence-corrected chi connectivity index (χ3v) is 7.43. The molecule has 43 heavy (non-hydrogen) atoms. The number of amides is 3. The molecule has 0 radical (unpaired) electrons. The number of piperidine rings is 1. The van der Waals surface area contributed by atoms with Crippen molar-refractivity contribution in [2.75, 3.05) is 0 Å². The van der Waals surface area contributed by atoms with Crippen molar-refractivity contribution >= 4 is 17.7 Å². The number of hydrogen-bond acceptors (Lipinski definition) is 15. The molecule has 3 aliphatic rings. The smallest absolute Gasteiger partial charge is 0.356 e. The van der Waals surface area contributed by atoms with Crippen molar-refractivity contribution in [2.45, 2.75) is 62.0 Å². The fraction of sp³-hybridized carbons (Fsp3) is 0.400. The molecule has 5 rings (SSSR count). The number of hydrogen-bond donors (Lipinski definition) is 10. The van der Waals surface area contributed by atoms with Gasteiger partial charge in [0.2, 0.25) is 11.6 Å². The number of benzene rings is 2. The maximum atomic E-state index is 14.7. The Morgan fingerprint density at radius 1 is 0.930 bits per heavy atom. The predicted octanol–water partition coefficient (Wildman–Crippen LogP) is -4.13. The number of rotatable bonds is 6. The number of carbonyl (C=O) groups excluding carboxylic acids is 3. The third-order valence-electron chi connectivity index (χ3n) is 7.43. The maximum absolute atomic E-state index is 14.7. The van der Waals surface area contributed by atoms with Crippen molar-refractivity contribution in [2.24, 2.45) is 0 Å². The van der Waals surface area contributed by atoms with Gasteiger partial charge in [0, 0.05) is 36.1 Å². The van der Waals surface area contributed by atoms with E-state index >= 15 is 0 Å². The summed E-state index contributed by atoms with van der Waals surface area (Å²) in [5, 5.41) is 92.6. The fourth-order valence-corrected chi connectivity index (χ4v) is 4.99. The normalized spacial score (nSPS) is 25.8. The number of nitrogens with one attached hydrogen (secondary N) is 1. The summed E-state index contributed by atoms with van der Waals surface area (Å²) in [4.78, 5) is 37.5. The minimum Gasteiger partial charge on any atom is -0.488 e. The number of aliphatic hydroxyl groups is 9. The van der Waals surface area contributed by atoms with Crippen LogP contribution in [0.5, 0.6) is 5.75 Å². The SMILES string of the molecule is O=C1CCC(O)(N2Cc3c(OCc4cc(CN5C(O)(O)C(O)(O)OC(O)(O)C5(O)O)ccc4F)cccc3C2=O)C(=O)N1. The molecule has 232 valence electrons. The average Bonchev–Trinajstić information content (AvgIpc) is 3.25. The van der Waals surface area contributed by atoms with Crippen LogP contribution in [0.4, 0.5) is 4.39 Å². The summed E-state index contributed by atoms with van der Waals surface area (Å²) < 4.78 is 24.3. The van der Waals surface area contributed by atoms with E-state index in [0.717, 1.165) is 23.1 Å². The monoisotopic (exact) mass is 611 g/mol. The summed E-state index contributed by atoms with van der Waals surface area (Å²) in [7, 11) is 0. The van der Waals surface area contributed by atoms with E-state index in [1.165, 1.54) is 18.2 Å². The Labute approximate surface area is 239 Å². The number of imide groups is 1. The van der Waals surface area contributed by atoms with E-state index in [0.29, 0.717) is 0 Å². The number of halogens is 1. The van der Waals surface area contributed by atoms with E-state index in [-0.39, 0.29) is 52.3 Å². The molecule has 2 aromatic carbocycles. The molecule has 2 fully saturated rings. The van der Waals surface area contributed by atoms with Gasteiger partial charge in [-0.3, -0.25) is 29.3 Å². The van der Waals surface area contributed by atoms with Crippen molar-refractivity contribution in [1.29, 1.82) is 0 Å². The van der Waals surface area contributed by atoms with Gasteiger partial charge in [-0.15, -0.1) is 0 Å². The average molecular weight is 611 g/mol. The summed E-state index contributed by atoms with van der Waals surface area (Å²) in [6.45, 7) is -1.90. The van der Waals surface area contributed by atoms with E-state index < -0.39 is 66.2 Å². The van der Waals surface area contributed by atoms with Crippen LogP contribution in [0.3, 0.4) is 0 Å². The van der Waals surface area contributed by atoms with Crippen molar-refractivity contribution in [3.8, 4) is 5.75 Å². The van der Waals surface area contributed by atoms with E-state index in [1.807, 2.05) is 5.32 Å². The molecule has 3 amide bonds. The first kappa shape index (κ1) is 30.8. The summed E-state index contributed by atoms with van der Waals surface area (Å²) in [5.74, 6) is -19.6. The minimum absolute atomic E-state index is 0.0624. The van der Waals surface area contributed by atoms with Crippen molar-refractivity contribution in [3.05, 3.63) is 64.5 Å². The number of nitrogens with zero attached hydrogens (tertiary/aromatic N) is 2. The maximum Gasteiger partial charge on any atom is 0.356 e. The molecular weight excluding hydrogens is 585 g/mol. The summed E-state index contributed by atoms with van der Waals surface area (Å²) in [6.07, 6.45) is -0.537. The highest BCUT2D eigenvalue weighted by atomic mass is 19.1. The van der Waals surface area contributed by atoms with Gasteiger partial charge in [0.15, 0.2) is 0 Å². The van der Waals surface area contributed by atoms with Crippen molar-refractivity contribution in [3.63, 3.8) is 0 Å². The highest BCUT2D eigenvalue weighted by Crippen LogP contribution is 2.42. The second-order valence-corrected chi connectivity index (χ2v) is 10.3. The molecule has 10 N–H and O–H groups in total. The number of fused-ring (bicyclic) bond motifs is 1. The molecule has 3 aliphatic heterocycles. The molecule has 18 heteroatoms. The summed E-state index contributed by atoms with van der Waals surface area (Å²) in [6, 6.07) is 7.21. The van der Waals surface area contributed by atoms with Crippen LogP contribution in [0.1, 0.15) is 39.9 Å². The molecule has 0 aromatic heterocycles. The van der Waals surface area contributed by atoms with Crippen LogP contribution in [-0.4, -0.2) is 103 Å². The van der Waals surface area contributed by atoms with Gasteiger partial charge >= 0.3 is 23.8 Å². The van der Waals surface area contributed by atoms with Crippen molar-refractivity contribution in [1.82, 2.24) is 15.1 Å². The molecular formula is C25H26FN3O14. The first-order chi connectivity index (χ1) is 19.8. The van der Waals surface area contributed by atoms with Crippen LogP contribution in [0.15, 0.2) is 36.4 Å². The lowest BCUT2D eigenvalue weighted by Crippen LogP contribution is -2.83. The molecule has 0 aliphatic carbocycles. The molecule has 0 saturated carbocycles. The second kappa shape index (κ2) is 9.94. The fourth-order valence-electron chi connectivity index (χ4n) is 4.99. The molecule has 0 bridgehead atoms. The lowest BCUT2D eigenvalue weighted by atomic mass is 10.00. The van der Waals surface area contributed by atoms with Crippen LogP contribution in [-0.2, 0) is 34.0 Å². The lowest BCUT2D eigenvalue weighted by molar-refractivity contribution is -0.659. The molecule has 0 spiro atoms. The molecule has 2 aromatic rings. The molecule has 1 atom stereocenters. The van der Waals surface area contributed by atoms with Gasteiger partial charge in [-0.1, -0.05) is 12.1 Å². The van der Waals surface area contributed by atoms with E-state index in [9.17, 15) is 64.7 Å². The predicted molar refractivity (Wildman–Crippen MR) is 130 cm³/mol. The van der Waals surface area contributed by atoms with Gasteiger partial charge in [-0.05, 0) is 29.8 Å². The van der Waals surface area contributed by atoms with Crippen LogP contribution < -0.4 is 10.1 Å². The summed E-state index contributed by atoms with van der Waals surface area (Å²) in [5.41, 5.74) is -2.35. The Morgan fingerprint density at radius 2 is 1.58 bits per heavy atom. The Balaban J connectivity index is 1.37. The Hall–Kier alpha value is -3.66. The highest BCUT2D eigenvalue weighted by Gasteiger charge is 2.74. The van der Waals surface area contributed by atoms with Gasteiger partial charge in [0.05, 0.1) is 6.54 Å². The zero-order valence-corrected chi connectivity index (χ0v) is 21.8. The Morgan fingerprint density at radius 3 is 2.21 bits per heavy atom. The van der Waals surface area contributed by atoms with Gasteiger partial charge in [0.25, 0.3) is 11.8 Å². The van der Waals surface area contributed by atoms with Crippen LogP contribution in [0.2, 0.25) is 0 Å². The minimum atomic E-state index is -4.16. The zero-order chi connectivity index (χ0) is 31.8. The first-order valence-electron chi connectivity index (χ1n) is 12.5. The van der Waals surface area contributed by atoms with Gasteiger partial charge in [-0.2, -0.15) is 4.90 Å². The number of morpholine rings is 1. The Bertz CT molecular complexity index is 1490. The standard InChI is InChI=1S/C25H26FN3O14/c26-16-5-4-12(9-29-22(34,35)24(38,39)43-25(40,41)23(29,36)37)8-13(16)11-42-17-3-1-2-14-15(17)10-28(19(14)31)21(33)7-6-18(30)27-20(21)32/h1-5,8,33-41H,6-7,9-11H2,(H,27,30,32). The zero-order valence-electron chi connectivity index (χ0n) is 21.8. The molecule has 3 heterocycles. The second-order valence-electron chi connectivity index (χ2n) is 10.3. The number of carbonyl (C=O) groups is 3. The number of ether oxygens (including phenoxy) is 2. The summed E-state index contributed by atoms with van der Waals surface area (Å²) >= 11 is 0. The highest BCUT2D eigenvalue weighted by molar-refractivity contribution is 6.06. The third kappa shape index (κ3) is 4.83. The topological polar surface area (TPSA) is 270 Å².